The Morgan fingerprint density at radius 3 is 1.46 bits per heavy atom. The number of Topliss-reactive ketones (excluding diaryl/α,β-unsaturated/α-hetero) is 1. The summed E-state index contributed by atoms with van der Waals surface area (Å²) in [5.41, 5.74) is 19.0. The van der Waals surface area contributed by atoms with Crippen LogP contribution in [0.15, 0.2) is 182 Å². The molecule has 0 radical (unpaired) electrons. The number of hydrogen-bond donors (Lipinski definition) is 10. The van der Waals surface area contributed by atoms with E-state index >= 15 is 0 Å². The first-order chi connectivity index (χ1) is 57.6. The van der Waals surface area contributed by atoms with E-state index in [9.17, 15) is 34.6 Å². The second-order valence-corrected chi connectivity index (χ2v) is 37.2. The summed E-state index contributed by atoms with van der Waals surface area (Å²) in [6.07, 6.45) is 26.5. The number of benzene rings is 7. The number of para-hydroxylation sites is 1. The molecule has 7 aromatic carbocycles. The van der Waals surface area contributed by atoms with E-state index in [1.807, 2.05) is 79.9 Å². The Morgan fingerprint density at radius 1 is 0.462 bits per heavy atom. The minimum Gasteiger partial charge on any atom is -0.437 e. The number of aliphatic hydroxyl groups excluding tert-OH is 1. The van der Waals surface area contributed by atoms with Crippen LogP contribution in [0, 0.1) is 0 Å². The molecule has 5 aliphatic carbocycles. The molecule has 2 unspecified atom stereocenters. The molecule has 8 aliphatic heterocycles. The molecule has 8 heterocycles. The van der Waals surface area contributed by atoms with Crippen molar-refractivity contribution in [2.45, 2.75) is 180 Å². The largest absolute Gasteiger partial charge is 0.437 e. The Kier molecular flexibility index (Phi) is 31.3. The van der Waals surface area contributed by atoms with E-state index < -0.39 is 7.05 Å². The second-order valence-electron chi connectivity index (χ2n) is 35.3. The fraction of sp³-hybridized carbons (Fsp3) is 0.484. The van der Waals surface area contributed by atoms with Gasteiger partial charge in [0.25, 0.3) is 5.91 Å². The quantitative estimate of drug-likeness (QED) is 0.0505. The van der Waals surface area contributed by atoms with Crippen molar-refractivity contribution in [2.24, 2.45) is 0 Å². The lowest BCUT2D eigenvalue weighted by Crippen LogP contribution is -2.51. The summed E-state index contributed by atoms with van der Waals surface area (Å²) < 4.78 is 0. The Hall–Kier alpha value is -6.53. The molecule has 0 bridgehead atoms. The predicted octanol–water partition coefficient (Wildman–Crippen LogP) is 14.4. The van der Waals surface area contributed by atoms with Gasteiger partial charge in [-0.2, -0.15) is 0 Å². The fourth-order valence-electron chi connectivity index (χ4n) is 21.3. The summed E-state index contributed by atoms with van der Waals surface area (Å²) in [6, 6.07) is 58.8. The van der Waals surface area contributed by atoms with Gasteiger partial charge in [0.2, 0.25) is 5.91 Å². The molecule has 2 atom stereocenters. The average Bonchev–Trinajstić information content (AvgIpc) is 1.71. The molecule has 6 fully saturated rings. The Balaban J connectivity index is 0.000000119. The van der Waals surface area contributed by atoms with Gasteiger partial charge in [-0.1, -0.05) is 198 Å². The number of hydrogen-bond acceptors (Lipinski definition) is 15. The second kappa shape index (κ2) is 41.3. The number of anilines is 1. The number of carbonyl (C=O) groups excluding carboxylic acids is 3. The van der Waals surface area contributed by atoms with Crippen LogP contribution in [0.4, 0.5) is 5.69 Å². The first-order valence-corrected chi connectivity index (χ1v) is 45.9. The molecule has 630 valence electrons. The molecule has 6 spiro atoms. The monoisotopic (exact) mass is 1710 g/mol. The average molecular weight is 1710 g/mol. The van der Waals surface area contributed by atoms with Gasteiger partial charge in [0.05, 0.1) is 6.10 Å². The topological polar surface area (TPSA) is 225 Å². The van der Waals surface area contributed by atoms with Crippen molar-refractivity contribution >= 4 is 103 Å². The van der Waals surface area contributed by atoms with E-state index in [4.69, 9.17) is 28.2 Å². The van der Waals surface area contributed by atoms with E-state index in [1.165, 1.54) is 82.4 Å². The number of alkyl halides is 3. The van der Waals surface area contributed by atoms with Crippen LogP contribution >= 0.6 is 39.1 Å². The number of rotatable bonds is 8. The summed E-state index contributed by atoms with van der Waals surface area (Å²) >= 11 is 14.8. The maximum Gasteiger partial charge on any atom is 0.376 e. The van der Waals surface area contributed by atoms with E-state index in [-0.39, 0.29) is 71.9 Å². The van der Waals surface area contributed by atoms with E-state index in [2.05, 4.69) is 197 Å². The van der Waals surface area contributed by atoms with Gasteiger partial charge in [0, 0.05) is 93.0 Å². The normalized spacial score (nSPS) is 22.0. The zero-order chi connectivity index (χ0) is 83.8. The standard InChI is InChI=1S/C14H20BNO2.C14H18BNO2.C14H18BNO.C13H16BrN.2C13H16N2O.C9H8.C5H12BCl2NO/c2*1-15(18)16-8-6-14(7-9-16)10-13(17)11-4-2-3-5-12(11)14;1-15(17)16-10-8-14(9-11-16)7-6-12-4-2-3-5-13(12)14;14-12-9-13(5-7-15-8-6-13)11-4-2-1-3-10(11)12;16-12-10-3-1-2-4-11(10)13(9-15-12)5-7-14-8-6-13;16-12-9-13(5-7-14-8-6-13)10-3-1-2-4-11(10)15-12;1-2-5-9-7-3-6-8(9)4-1;1-6(10)9(4-2-7)5-3-8/h2-5,13,17-18H,6-10H2,1H3;2-5,18H,6-10H2,1H3;2-7,17H,8-11H2,1H3;1-4,12,15H,5-9H2;2*1-4,14H,5-9H2,(H,15,16);1-6H,7H2;10H,2-5H2,1H3. The summed E-state index contributed by atoms with van der Waals surface area (Å²) in [5, 5.41) is 64.4. The van der Waals surface area contributed by atoms with Gasteiger partial charge in [-0.3, -0.25) is 14.4 Å². The molecular formula is C95H124B4BrCl2N9O8. The van der Waals surface area contributed by atoms with Gasteiger partial charge in [0.15, 0.2) is 5.78 Å². The molecule has 119 heavy (non-hydrogen) atoms. The summed E-state index contributed by atoms with van der Waals surface area (Å²) in [4.78, 5) is 44.4. The Labute approximate surface area is 727 Å². The van der Waals surface area contributed by atoms with Gasteiger partial charge in [-0.15, -0.1) is 23.2 Å². The molecule has 20 rings (SSSR count). The van der Waals surface area contributed by atoms with Gasteiger partial charge in [-0.05, 0) is 281 Å². The number of halogens is 3. The highest BCUT2D eigenvalue weighted by Gasteiger charge is 2.49. The minimum atomic E-state index is -0.447. The molecular weight excluding hydrogens is 1590 g/mol. The van der Waals surface area contributed by atoms with Gasteiger partial charge in [-0.25, -0.2) is 0 Å². The summed E-state index contributed by atoms with van der Waals surface area (Å²) in [6.45, 7) is 21.4. The van der Waals surface area contributed by atoms with Crippen molar-refractivity contribution in [3.05, 3.63) is 254 Å². The number of fused-ring (bicyclic) bond motifs is 13. The van der Waals surface area contributed by atoms with Crippen LogP contribution in [0.3, 0.4) is 0 Å². The number of ketones is 1. The maximum absolute atomic E-state index is 12.1. The number of piperidine rings is 6. The van der Waals surface area contributed by atoms with Crippen LogP contribution in [0.2, 0.25) is 27.3 Å². The molecule has 6 saturated heterocycles. The predicted molar refractivity (Wildman–Crippen MR) is 494 cm³/mol. The Morgan fingerprint density at radius 2 is 0.899 bits per heavy atom. The van der Waals surface area contributed by atoms with Crippen molar-refractivity contribution in [2.75, 3.05) is 115 Å². The number of nitrogens with one attached hydrogen (secondary N) is 5. The molecule has 0 aromatic heterocycles. The van der Waals surface area contributed by atoms with Crippen LogP contribution in [0.25, 0.3) is 12.2 Å². The number of aliphatic hydroxyl groups is 1. The van der Waals surface area contributed by atoms with Gasteiger partial charge >= 0.3 is 28.2 Å². The zero-order valence-corrected chi connectivity index (χ0v) is 73.5. The van der Waals surface area contributed by atoms with Crippen LogP contribution in [0.5, 0.6) is 0 Å². The lowest BCUT2D eigenvalue weighted by atomic mass is 9.68. The zero-order valence-electron chi connectivity index (χ0n) is 70.4. The fourth-order valence-corrected chi connectivity index (χ4v) is 22.8. The van der Waals surface area contributed by atoms with Gasteiger partial charge in [0.1, 0.15) is 0 Å². The van der Waals surface area contributed by atoms with Crippen molar-refractivity contribution in [1.82, 2.24) is 40.5 Å². The van der Waals surface area contributed by atoms with Crippen LogP contribution in [0.1, 0.15) is 196 Å². The lowest BCUT2D eigenvalue weighted by molar-refractivity contribution is -0.118. The number of amides is 2. The lowest BCUT2D eigenvalue weighted by Gasteiger charge is -2.42. The van der Waals surface area contributed by atoms with Crippen LogP contribution < -0.4 is 26.6 Å². The van der Waals surface area contributed by atoms with Crippen molar-refractivity contribution in [1.29, 1.82) is 0 Å². The highest BCUT2D eigenvalue weighted by atomic mass is 79.9. The van der Waals surface area contributed by atoms with Gasteiger partial charge < -0.3 is 71.0 Å². The summed E-state index contributed by atoms with van der Waals surface area (Å²) in [5.74, 6) is 1.60. The molecule has 7 aromatic rings. The van der Waals surface area contributed by atoms with Crippen LogP contribution in [-0.2, 0) is 43.7 Å². The molecule has 24 heteroatoms. The van der Waals surface area contributed by atoms with E-state index in [0.717, 1.165) is 171 Å². The number of allylic oxidation sites excluding steroid dienone is 2. The SMILES string of the molecule is BrC1CC2(CCNCC2)c2ccccc21.C1=Cc2ccccc2C1.CB(O)N(CCCl)CCCl.CB(O)N1CCC2(C=Cc3ccccc32)CC1.CB(O)N1CCC2(CC1)CC(=O)c1ccccc12.CB(O)N1CCC2(CC1)CC(O)c1ccccc12.O=C1CC2(CCNCC2)c2ccccc2N1.O=C1NCC2(CCNCC2)c2ccccc21. The molecule has 13 aliphatic rings. The highest BCUT2D eigenvalue weighted by Crippen LogP contribution is 2.54. The first-order valence-electron chi connectivity index (χ1n) is 44.0. The highest BCUT2D eigenvalue weighted by molar-refractivity contribution is 9.09. The van der Waals surface area contributed by atoms with Crippen molar-refractivity contribution < 1.29 is 39.6 Å². The molecule has 2 amide bonds. The molecule has 10 N–H and O–H groups in total. The minimum absolute atomic E-state index is 0.0407. The maximum atomic E-state index is 12.1. The summed E-state index contributed by atoms with van der Waals surface area (Å²) in [7, 11) is -1.50. The molecule has 0 saturated carbocycles. The number of nitrogens with zero attached hydrogens (tertiary/aromatic N) is 4. The third-order valence-electron chi connectivity index (χ3n) is 28.3. The van der Waals surface area contributed by atoms with E-state index in [0.29, 0.717) is 47.9 Å². The van der Waals surface area contributed by atoms with E-state index in [1.54, 1.807) is 12.4 Å². The molecule has 17 nitrogen and oxygen atoms in total. The first kappa shape index (κ1) is 90.2. The third kappa shape index (κ3) is 21.0. The third-order valence-corrected chi connectivity index (χ3v) is 29.5. The smallest absolute Gasteiger partial charge is 0.376 e. The Bertz CT molecular complexity index is 4590. The van der Waals surface area contributed by atoms with Crippen LogP contribution in [-0.4, -0.2) is 200 Å². The van der Waals surface area contributed by atoms with Crippen molar-refractivity contribution in [3.63, 3.8) is 0 Å². The number of carbonyl (C=O) groups is 3. The van der Waals surface area contributed by atoms with Crippen molar-refractivity contribution in [3.8, 4) is 0 Å².